The topological polar surface area (TPSA) is 67.9 Å². The van der Waals surface area contributed by atoms with E-state index in [0.29, 0.717) is 30.4 Å². The highest BCUT2D eigenvalue weighted by molar-refractivity contribution is 7.91. The van der Waals surface area contributed by atoms with Gasteiger partial charge in [0, 0.05) is 25.4 Å². The molecule has 1 saturated heterocycles. The summed E-state index contributed by atoms with van der Waals surface area (Å²) in [6.07, 6.45) is 0.509. The average molecular weight is 394 g/mol. The first-order valence-corrected chi connectivity index (χ1v) is 9.85. The van der Waals surface area contributed by atoms with E-state index in [1.54, 1.807) is 24.1 Å². The van der Waals surface area contributed by atoms with Crippen molar-refractivity contribution in [1.29, 1.82) is 0 Å². The normalized spacial score (nSPS) is 19.0. The second kappa shape index (κ2) is 8.72. The lowest BCUT2D eigenvalue weighted by molar-refractivity contribution is -0.0498. The van der Waals surface area contributed by atoms with Crippen molar-refractivity contribution in [1.82, 2.24) is 4.90 Å². The van der Waals surface area contributed by atoms with Crippen molar-refractivity contribution in [2.24, 2.45) is 0 Å². The summed E-state index contributed by atoms with van der Waals surface area (Å²) in [6, 6.07) is 5.71. The van der Waals surface area contributed by atoms with Crippen LogP contribution in [0.2, 0.25) is 0 Å². The number of hydrogen-bond acceptors (Lipinski definition) is 5. The Kier molecular flexibility index (Phi) is 6.91. The van der Waals surface area contributed by atoms with Gasteiger partial charge in [-0.15, -0.1) is 0 Å². The maximum absolute atomic E-state index is 12.2. The molecule has 0 bridgehead atoms. The zero-order valence-electron chi connectivity index (χ0n) is 13.7. The minimum Gasteiger partial charge on any atom is -0.435 e. The number of thiocarbonyl (C=S) groups is 1. The number of alkyl halides is 2. The molecule has 1 N–H and O–H groups in total. The van der Waals surface area contributed by atoms with Gasteiger partial charge in [0.15, 0.2) is 14.9 Å². The number of ether oxygens (including phenoxy) is 2. The van der Waals surface area contributed by atoms with Crippen LogP contribution in [-0.4, -0.2) is 62.9 Å². The van der Waals surface area contributed by atoms with E-state index in [2.05, 4.69) is 10.1 Å². The van der Waals surface area contributed by atoms with Crippen LogP contribution in [0.4, 0.5) is 14.5 Å². The Morgan fingerprint density at radius 3 is 2.60 bits per heavy atom. The van der Waals surface area contributed by atoms with Gasteiger partial charge in [0.25, 0.3) is 0 Å². The summed E-state index contributed by atoms with van der Waals surface area (Å²) in [6.45, 7) is -2.03. The van der Waals surface area contributed by atoms with E-state index in [9.17, 15) is 17.2 Å². The zero-order chi connectivity index (χ0) is 18.4. The molecule has 2 rings (SSSR count). The Morgan fingerprint density at radius 2 is 2.08 bits per heavy atom. The molecule has 0 spiro atoms. The Morgan fingerprint density at radius 1 is 1.40 bits per heavy atom. The van der Waals surface area contributed by atoms with Crippen LogP contribution in [0.3, 0.4) is 0 Å². The van der Waals surface area contributed by atoms with Crippen LogP contribution < -0.4 is 10.1 Å². The largest absolute Gasteiger partial charge is 0.435 e. The van der Waals surface area contributed by atoms with E-state index >= 15 is 0 Å². The fourth-order valence-electron chi connectivity index (χ4n) is 2.58. The van der Waals surface area contributed by atoms with E-state index in [4.69, 9.17) is 17.0 Å². The molecule has 1 aromatic rings. The second-order valence-electron chi connectivity index (χ2n) is 5.58. The molecule has 1 aromatic carbocycles. The summed E-state index contributed by atoms with van der Waals surface area (Å²) in [5.41, 5.74) is 0.592. The first kappa shape index (κ1) is 19.8. The molecule has 0 unspecified atom stereocenters. The van der Waals surface area contributed by atoms with Gasteiger partial charge in [0.05, 0.1) is 18.1 Å². The van der Waals surface area contributed by atoms with Gasteiger partial charge in [-0.3, -0.25) is 0 Å². The molecule has 0 saturated carbocycles. The molecule has 1 aliphatic heterocycles. The van der Waals surface area contributed by atoms with Crippen molar-refractivity contribution in [2.45, 2.75) is 19.1 Å². The van der Waals surface area contributed by atoms with Crippen LogP contribution in [0.25, 0.3) is 0 Å². The third-order valence-electron chi connectivity index (χ3n) is 3.78. The maximum Gasteiger partial charge on any atom is 0.387 e. The molecule has 1 heterocycles. The third-order valence-corrected chi connectivity index (χ3v) is 5.86. The Bertz CT molecular complexity index is 683. The number of methoxy groups -OCH3 is 1. The summed E-state index contributed by atoms with van der Waals surface area (Å²) in [4.78, 5) is 1.80. The number of halogens is 2. The molecule has 1 fully saturated rings. The van der Waals surface area contributed by atoms with E-state index in [-0.39, 0.29) is 23.3 Å². The number of nitrogens with one attached hydrogen (secondary N) is 1. The minimum atomic E-state index is -3.05. The number of rotatable bonds is 7. The predicted octanol–water partition coefficient (Wildman–Crippen LogP) is 2.12. The second-order valence-corrected chi connectivity index (χ2v) is 8.19. The molecule has 0 aliphatic carbocycles. The van der Waals surface area contributed by atoms with Crippen LogP contribution >= 0.6 is 12.2 Å². The molecule has 140 valence electrons. The van der Waals surface area contributed by atoms with Crippen molar-refractivity contribution >= 4 is 32.9 Å². The van der Waals surface area contributed by atoms with Gasteiger partial charge in [-0.1, -0.05) is 0 Å². The van der Waals surface area contributed by atoms with Crippen molar-refractivity contribution in [3.8, 4) is 5.75 Å². The lowest BCUT2D eigenvalue weighted by Crippen LogP contribution is -2.45. The van der Waals surface area contributed by atoms with Crippen LogP contribution in [0.15, 0.2) is 24.3 Å². The highest BCUT2D eigenvalue weighted by atomic mass is 32.2. The number of sulfone groups is 1. The molecule has 0 amide bonds. The van der Waals surface area contributed by atoms with E-state index < -0.39 is 16.4 Å². The van der Waals surface area contributed by atoms with Crippen LogP contribution in [0.1, 0.15) is 6.42 Å². The Hall–Kier alpha value is -1.52. The third kappa shape index (κ3) is 6.05. The molecule has 1 atom stereocenters. The lowest BCUT2D eigenvalue weighted by atomic mass is 10.2. The van der Waals surface area contributed by atoms with Crippen molar-refractivity contribution in [2.75, 3.05) is 37.1 Å². The zero-order valence-corrected chi connectivity index (χ0v) is 15.3. The number of benzene rings is 1. The highest BCUT2D eigenvalue weighted by Gasteiger charge is 2.33. The number of nitrogens with zero attached hydrogens (tertiary/aromatic N) is 1. The number of anilines is 1. The number of hydrogen-bond donors (Lipinski definition) is 1. The summed E-state index contributed by atoms with van der Waals surface area (Å²) in [7, 11) is -1.49. The van der Waals surface area contributed by atoms with Crippen molar-refractivity contribution in [3.63, 3.8) is 0 Å². The maximum atomic E-state index is 12.2. The Labute approximate surface area is 151 Å². The first-order valence-electron chi connectivity index (χ1n) is 7.62. The van der Waals surface area contributed by atoms with Gasteiger partial charge in [-0.25, -0.2) is 8.42 Å². The van der Waals surface area contributed by atoms with E-state index in [1.165, 1.54) is 12.1 Å². The SMILES string of the molecule is COCCN(C(=S)Nc1ccc(OC(F)F)cc1)[C@H]1CCS(=O)(=O)C1. The van der Waals surface area contributed by atoms with Gasteiger partial charge >= 0.3 is 6.61 Å². The molecular weight excluding hydrogens is 374 g/mol. The van der Waals surface area contributed by atoms with Gasteiger partial charge in [0.2, 0.25) is 0 Å². The standard InChI is InChI=1S/C15H20F2N2O4S2/c1-22-8-7-19(12-6-9-25(20,21)10-12)15(24)18-11-2-4-13(5-3-11)23-14(16)17/h2-5,12,14H,6-10H2,1H3,(H,18,24)/t12-/m0/s1. The molecular formula is C15H20F2N2O4S2. The monoisotopic (exact) mass is 394 g/mol. The van der Waals surface area contributed by atoms with Gasteiger partial charge in [-0.05, 0) is 42.9 Å². The molecule has 1 aliphatic rings. The summed E-state index contributed by atoms with van der Waals surface area (Å²) in [5.74, 6) is 0.243. The van der Waals surface area contributed by atoms with Crippen molar-refractivity contribution in [3.05, 3.63) is 24.3 Å². The van der Waals surface area contributed by atoms with Gasteiger partial charge in [0.1, 0.15) is 5.75 Å². The molecule has 25 heavy (non-hydrogen) atoms. The molecule has 10 heteroatoms. The van der Waals surface area contributed by atoms with Gasteiger partial charge in [-0.2, -0.15) is 8.78 Å². The Balaban J connectivity index is 2.03. The minimum absolute atomic E-state index is 0.0459. The molecule has 6 nitrogen and oxygen atoms in total. The summed E-state index contributed by atoms with van der Waals surface area (Å²) in [5, 5.41) is 3.36. The quantitative estimate of drug-likeness (QED) is 0.711. The van der Waals surface area contributed by atoms with E-state index in [0.717, 1.165) is 0 Å². The highest BCUT2D eigenvalue weighted by Crippen LogP contribution is 2.21. The lowest BCUT2D eigenvalue weighted by Gasteiger charge is -2.30. The van der Waals surface area contributed by atoms with Crippen molar-refractivity contribution < 1.29 is 26.7 Å². The fourth-order valence-corrected chi connectivity index (χ4v) is 4.66. The summed E-state index contributed by atoms with van der Waals surface area (Å²) >= 11 is 5.40. The summed E-state index contributed by atoms with van der Waals surface area (Å²) < 4.78 is 57.1. The fraction of sp³-hybridized carbons (Fsp3) is 0.533. The smallest absolute Gasteiger partial charge is 0.387 e. The predicted molar refractivity (Wildman–Crippen MR) is 94.9 cm³/mol. The van der Waals surface area contributed by atoms with Crippen LogP contribution in [0.5, 0.6) is 5.75 Å². The molecule has 0 aromatic heterocycles. The van der Waals surface area contributed by atoms with Crippen LogP contribution in [0, 0.1) is 0 Å². The molecule has 0 radical (unpaired) electrons. The van der Waals surface area contributed by atoms with Gasteiger partial charge < -0.3 is 19.7 Å². The van der Waals surface area contributed by atoms with E-state index in [1.807, 2.05) is 0 Å². The van der Waals surface area contributed by atoms with Crippen LogP contribution in [-0.2, 0) is 14.6 Å². The average Bonchev–Trinajstić information content (AvgIpc) is 2.89. The first-order chi connectivity index (χ1) is 11.8.